The zero-order chi connectivity index (χ0) is 25.9. The van der Waals surface area contributed by atoms with Gasteiger partial charge in [-0.1, -0.05) is 41.9 Å². The van der Waals surface area contributed by atoms with E-state index in [-0.39, 0.29) is 12.3 Å². The average molecular weight is 512 g/mol. The van der Waals surface area contributed by atoms with E-state index in [1.807, 2.05) is 30.3 Å². The number of benzene rings is 2. The molecule has 1 fully saturated rings. The van der Waals surface area contributed by atoms with Crippen molar-refractivity contribution in [1.29, 1.82) is 0 Å². The molecule has 1 saturated heterocycles. The lowest BCUT2D eigenvalue weighted by Gasteiger charge is -2.22. The van der Waals surface area contributed by atoms with Gasteiger partial charge in [0.2, 0.25) is 17.7 Å². The Kier molecular flexibility index (Phi) is 9.84. The summed E-state index contributed by atoms with van der Waals surface area (Å²) in [5.41, 5.74) is 1.92. The summed E-state index contributed by atoms with van der Waals surface area (Å²) in [4.78, 5) is 38.3. The summed E-state index contributed by atoms with van der Waals surface area (Å²) in [7, 11) is 0. The maximum Gasteiger partial charge on any atom is 0.244 e. The SMILES string of the molecule is N/N=C\N(N)c1ccc(Cl)cc1/C=C/C(=O)N[C@@H](Cc1ccccc1)C(=O)NC1CCCCNC1=O. The van der Waals surface area contributed by atoms with Crippen LogP contribution in [0.3, 0.4) is 0 Å². The van der Waals surface area contributed by atoms with Crippen molar-refractivity contribution in [3.05, 3.63) is 70.8 Å². The second-order valence-corrected chi connectivity index (χ2v) is 8.74. The number of carbonyl (C=O) groups is 3. The first-order valence-electron chi connectivity index (χ1n) is 11.5. The Hall–Kier alpha value is -3.89. The molecular weight excluding hydrogens is 482 g/mol. The lowest BCUT2D eigenvalue weighted by molar-refractivity contribution is -0.131. The zero-order valence-corrected chi connectivity index (χ0v) is 20.4. The summed E-state index contributed by atoms with van der Waals surface area (Å²) in [5, 5.41) is 13.4. The van der Waals surface area contributed by atoms with E-state index in [4.69, 9.17) is 23.3 Å². The number of nitrogens with zero attached hydrogens (tertiary/aromatic N) is 2. The molecule has 7 N–H and O–H groups in total. The second kappa shape index (κ2) is 13.3. The highest BCUT2D eigenvalue weighted by molar-refractivity contribution is 6.30. The molecule has 190 valence electrons. The number of carbonyl (C=O) groups excluding carboxylic acids is 3. The van der Waals surface area contributed by atoms with Crippen molar-refractivity contribution in [1.82, 2.24) is 16.0 Å². The van der Waals surface area contributed by atoms with Crippen molar-refractivity contribution in [2.75, 3.05) is 11.6 Å². The molecule has 1 aliphatic heterocycles. The van der Waals surface area contributed by atoms with Crippen molar-refractivity contribution < 1.29 is 14.4 Å². The summed E-state index contributed by atoms with van der Waals surface area (Å²) in [6.07, 6.45) is 6.50. The van der Waals surface area contributed by atoms with Gasteiger partial charge in [0.1, 0.15) is 18.4 Å². The predicted molar refractivity (Wildman–Crippen MR) is 141 cm³/mol. The quantitative estimate of drug-likeness (QED) is 0.113. The third kappa shape index (κ3) is 7.82. The Morgan fingerprint density at radius 1 is 1.22 bits per heavy atom. The Balaban J connectivity index is 1.76. The number of hydrazine groups is 1. The van der Waals surface area contributed by atoms with E-state index in [1.54, 1.807) is 18.2 Å². The predicted octanol–water partition coefficient (Wildman–Crippen LogP) is 1.45. The van der Waals surface area contributed by atoms with Gasteiger partial charge >= 0.3 is 0 Å². The number of nitrogens with one attached hydrogen (secondary N) is 3. The number of hydrogen-bond acceptors (Lipinski definition) is 6. The van der Waals surface area contributed by atoms with Crippen LogP contribution in [0, 0.1) is 0 Å². The van der Waals surface area contributed by atoms with Gasteiger partial charge in [0.15, 0.2) is 0 Å². The first-order valence-corrected chi connectivity index (χ1v) is 11.9. The van der Waals surface area contributed by atoms with E-state index >= 15 is 0 Å². The van der Waals surface area contributed by atoms with Gasteiger partial charge in [0, 0.05) is 29.6 Å². The Labute approximate surface area is 214 Å². The third-order valence-electron chi connectivity index (χ3n) is 5.64. The van der Waals surface area contributed by atoms with Crippen LogP contribution in [-0.4, -0.2) is 42.7 Å². The van der Waals surface area contributed by atoms with Crippen LogP contribution in [0.2, 0.25) is 5.02 Å². The highest BCUT2D eigenvalue weighted by atomic mass is 35.5. The van der Waals surface area contributed by atoms with Crippen molar-refractivity contribution in [3.63, 3.8) is 0 Å². The van der Waals surface area contributed by atoms with Gasteiger partial charge in [-0.25, -0.2) is 5.84 Å². The summed E-state index contributed by atoms with van der Waals surface area (Å²) >= 11 is 6.11. The number of halogens is 1. The van der Waals surface area contributed by atoms with Crippen LogP contribution < -0.4 is 32.6 Å². The highest BCUT2D eigenvalue weighted by Crippen LogP contribution is 2.23. The van der Waals surface area contributed by atoms with Crippen LogP contribution >= 0.6 is 11.6 Å². The van der Waals surface area contributed by atoms with E-state index in [0.717, 1.165) is 18.4 Å². The van der Waals surface area contributed by atoms with E-state index in [2.05, 4.69) is 21.1 Å². The van der Waals surface area contributed by atoms with Crippen LogP contribution in [0.1, 0.15) is 30.4 Å². The molecule has 10 nitrogen and oxygen atoms in total. The van der Waals surface area contributed by atoms with Crippen LogP contribution in [0.15, 0.2) is 59.7 Å². The van der Waals surface area contributed by atoms with Crippen molar-refractivity contribution in [3.8, 4) is 0 Å². The monoisotopic (exact) mass is 511 g/mol. The molecule has 2 aromatic rings. The molecule has 2 atom stereocenters. The fourth-order valence-electron chi connectivity index (χ4n) is 3.82. The minimum atomic E-state index is -0.894. The summed E-state index contributed by atoms with van der Waals surface area (Å²) < 4.78 is 0. The van der Waals surface area contributed by atoms with E-state index in [9.17, 15) is 14.4 Å². The maximum atomic E-state index is 13.1. The average Bonchev–Trinajstić information content (AvgIpc) is 3.07. The Morgan fingerprint density at radius 2 is 2.00 bits per heavy atom. The first kappa shape index (κ1) is 26.7. The Morgan fingerprint density at radius 3 is 2.75 bits per heavy atom. The van der Waals surface area contributed by atoms with Gasteiger partial charge in [-0.05, 0) is 49.1 Å². The Bertz CT molecular complexity index is 1120. The third-order valence-corrected chi connectivity index (χ3v) is 5.88. The molecule has 0 radical (unpaired) electrons. The molecule has 0 saturated carbocycles. The lowest BCUT2D eigenvalue weighted by Crippen LogP contribution is -2.53. The molecule has 0 spiro atoms. The molecule has 11 heteroatoms. The number of hydrazone groups is 1. The smallest absolute Gasteiger partial charge is 0.244 e. The standard InChI is InChI=1S/C25H30ClN7O3/c26-19-10-11-22(33(28)16-30-27)18(15-19)9-12-23(34)31-21(14-17-6-2-1-3-7-17)25(36)32-20-8-4-5-13-29-24(20)35/h1-3,6-7,9-12,15-16,20-21H,4-5,8,13-14,27-28H2,(H,29,35)(H,31,34)(H,32,36)/b12-9+,30-16-/t20?,21-/m0/s1. The molecule has 1 aliphatic rings. The molecule has 36 heavy (non-hydrogen) atoms. The molecule has 0 aromatic heterocycles. The van der Waals surface area contributed by atoms with Gasteiger partial charge in [-0.3, -0.25) is 19.4 Å². The van der Waals surface area contributed by atoms with Crippen LogP contribution in [0.5, 0.6) is 0 Å². The van der Waals surface area contributed by atoms with Gasteiger partial charge in [-0.2, -0.15) is 5.10 Å². The van der Waals surface area contributed by atoms with Gasteiger partial charge in [-0.15, -0.1) is 0 Å². The number of rotatable bonds is 9. The van der Waals surface area contributed by atoms with Gasteiger partial charge in [0.25, 0.3) is 0 Å². The van der Waals surface area contributed by atoms with Crippen molar-refractivity contribution in [2.45, 2.75) is 37.8 Å². The van der Waals surface area contributed by atoms with Crippen molar-refractivity contribution >= 4 is 47.4 Å². The summed E-state index contributed by atoms with van der Waals surface area (Å²) in [6, 6.07) is 12.7. The highest BCUT2D eigenvalue weighted by Gasteiger charge is 2.27. The number of anilines is 1. The fraction of sp³-hybridized carbons (Fsp3) is 0.280. The van der Waals surface area contributed by atoms with Crippen LogP contribution in [0.25, 0.3) is 6.08 Å². The minimum Gasteiger partial charge on any atom is -0.354 e. The minimum absolute atomic E-state index is 0.216. The van der Waals surface area contributed by atoms with Gasteiger partial charge < -0.3 is 21.8 Å². The second-order valence-electron chi connectivity index (χ2n) is 8.31. The maximum absolute atomic E-state index is 13.1. The molecule has 1 heterocycles. The zero-order valence-electron chi connectivity index (χ0n) is 19.7. The van der Waals surface area contributed by atoms with Crippen LogP contribution in [0.4, 0.5) is 5.69 Å². The number of hydrogen-bond donors (Lipinski definition) is 5. The molecule has 0 bridgehead atoms. The topological polar surface area (TPSA) is 155 Å². The van der Waals surface area contributed by atoms with E-state index in [1.165, 1.54) is 23.5 Å². The van der Waals surface area contributed by atoms with E-state index in [0.29, 0.717) is 29.2 Å². The lowest BCUT2D eigenvalue weighted by atomic mass is 10.0. The number of nitrogens with two attached hydrogens (primary N) is 2. The molecule has 1 unspecified atom stereocenters. The van der Waals surface area contributed by atoms with Gasteiger partial charge in [0.05, 0.1) is 5.69 Å². The molecule has 0 aliphatic carbocycles. The molecule has 3 amide bonds. The molecular formula is C25H30ClN7O3. The van der Waals surface area contributed by atoms with Crippen molar-refractivity contribution in [2.24, 2.45) is 16.8 Å². The molecule has 3 rings (SSSR count). The van der Waals surface area contributed by atoms with Crippen LogP contribution in [-0.2, 0) is 20.8 Å². The van der Waals surface area contributed by atoms with E-state index < -0.39 is 23.9 Å². The largest absolute Gasteiger partial charge is 0.354 e. The molecule has 2 aromatic carbocycles. The summed E-state index contributed by atoms with van der Waals surface area (Å²) in [5.74, 6) is 9.95. The first-order chi connectivity index (χ1) is 17.4. The summed E-state index contributed by atoms with van der Waals surface area (Å²) in [6.45, 7) is 0.586. The number of amides is 3. The normalized spacial score (nSPS) is 16.8. The fourth-order valence-corrected chi connectivity index (χ4v) is 4.00.